The van der Waals surface area contributed by atoms with E-state index in [1.54, 1.807) is 6.07 Å². The van der Waals surface area contributed by atoms with E-state index in [0.29, 0.717) is 6.61 Å². The Hall–Kier alpha value is -1.22. The first-order valence-electron chi connectivity index (χ1n) is 6.41. The molecule has 1 atom stereocenters. The van der Waals surface area contributed by atoms with Crippen molar-refractivity contribution in [2.75, 3.05) is 6.61 Å². The Morgan fingerprint density at radius 1 is 1.17 bits per heavy atom. The third kappa shape index (κ3) is 1.97. The van der Waals surface area contributed by atoms with E-state index < -0.39 is 0 Å². The Kier molecular flexibility index (Phi) is 3.06. The largest absolute Gasteiger partial charge is 0.508 e. The smallest absolute Gasteiger partial charge is 0.122 e. The summed E-state index contributed by atoms with van der Waals surface area (Å²) in [7, 11) is 0. The third-order valence-electron chi connectivity index (χ3n) is 4.68. The quantitative estimate of drug-likeness (QED) is 0.803. The van der Waals surface area contributed by atoms with Crippen LogP contribution in [0.3, 0.4) is 0 Å². The van der Waals surface area contributed by atoms with Crippen molar-refractivity contribution >= 4 is 0 Å². The van der Waals surface area contributed by atoms with Gasteiger partial charge in [0.05, 0.1) is 5.60 Å². The average molecular weight is 250 g/mol. The molecular formula is C15H22O3. The van der Waals surface area contributed by atoms with E-state index in [1.165, 1.54) is 6.07 Å². The van der Waals surface area contributed by atoms with E-state index in [4.69, 9.17) is 4.74 Å². The molecule has 18 heavy (non-hydrogen) atoms. The first kappa shape index (κ1) is 13.2. The molecule has 0 saturated carbocycles. The molecule has 1 saturated heterocycles. The minimum absolute atomic E-state index is 0.0836. The van der Waals surface area contributed by atoms with Crippen molar-refractivity contribution < 1.29 is 14.9 Å². The summed E-state index contributed by atoms with van der Waals surface area (Å²) >= 11 is 0. The van der Waals surface area contributed by atoms with Gasteiger partial charge in [0, 0.05) is 18.1 Å². The molecule has 1 aliphatic rings. The molecule has 0 aromatic heterocycles. The summed E-state index contributed by atoms with van der Waals surface area (Å²) in [4.78, 5) is 0. The molecule has 1 aromatic rings. The molecule has 0 aliphatic carbocycles. The second kappa shape index (κ2) is 4.16. The van der Waals surface area contributed by atoms with Gasteiger partial charge >= 0.3 is 0 Å². The van der Waals surface area contributed by atoms with Gasteiger partial charge in [0.25, 0.3) is 0 Å². The van der Waals surface area contributed by atoms with Crippen LogP contribution in [0.1, 0.15) is 45.6 Å². The fraction of sp³-hybridized carbons (Fsp3) is 0.600. The van der Waals surface area contributed by atoms with Crippen molar-refractivity contribution in [3.63, 3.8) is 0 Å². The molecule has 1 aliphatic heterocycles. The molecular weight excluding hydrogens is 228 g/mol. The highest BCUT2D eigenvalue weighted by Crippen LogP contribution is 2.52. The van der Waals surface area contributed by atoms with Crippen LogP contribution in [0.25, 0.3) is 0 Å². The number of aromatic hydroxyl groups is 2. The molecule has 0 bridgehead atoms. The van der Waals surface area contributed by atoms with Crippen molar-refractivity contribution in [1.29, 1.82) is 0 Å². The fourth-order valence-corrected chi connectivity index (χ4v) is 2.77. The lowest BCUT2D eigenvalue weighted by Crippen LogP contribution is -2.49. The highest BCUT2D eigenvalue weighted by Gasteiger charge is 2.48. The monoisotopic (exact) mass is 250 g/mol. The van der Waals surface area contributed by atoms with Gasteiger partial charge in [-0.15, -0.1) is 0 Å². The number of rotatable bonds is 1. The Balaban J connectivity index is 2.43. The van der Waals surface area contributed by atoms with Crippen molar-refractivity contribution in [1.82, 2.24) is 0 Å². The number of ether oxygens (including phenoxy) is 1. The average Bonchev–Trinajstić information content (AvgIpc) is 2.23. The maximum Gasteiger partial charge on any atom is 0.122 e. The lowest BCUT2D eigenvalue weighted by Gasteiger charge is -2.51. The van der Waals surface area contributed by atoms with E-state index in [-0.39, 0.29) is 28.4 Å². The summed E-state index contributed by atoms with van der Waals surface area (Å²) in [6.07, 6.45) is 0.884. The zero-order valence-electron chi connectivity index (χ0n) is 11.5. The van der Waals surface area contributed by atoms with Crippen molar-refractivity contribution in [3.05, 3.63) is 23.8 Å². The molecule has 0 amide bonds. The zero-order chi connectivity index (χ0) is 13.6. The van der Waals surface area contributed by atoms with Gasteiger partial charge in [0.1, 0.15) is 11.5 Å². The Morgan fingerprint density at radius 2 is 1.83 bits per heavy atom. The van der Waals surface area contributed by atoms with Gasteiger partial charge in [0.15, 0.2) is 0 Å². The first-order valence-corrected chi connectivity index (χ1v) is 6.41. The summed E-state index contributed by atoms with van der Waals surface area (Å²) in [6.45, 7) is 9.22. The summed E-state index contributed by atoms with van der Waals surface area (Å²) < 4.78 is 5.86. The molecule has 1 heterocycles. The fourth-order valence-electron chi connectivity index (χ4n) is 2.77. The van der Waals surface area contributed by atoms with Gasteiger partial charge in [-0.25, -0.2) is 0 Å². The summed E-state index contributed by atoms with van der Waals surface area (Å²) in [5.41, 5.74) is 0.578. The van der Waals surface area contributed by atoms with Crippen molar-refractivity contribution in [3.8, 4) is 11.5 Å². The van der Waals surface area contributed by atoms with Gasteiger partial charge in [-0.3, -0.25) is 0 Å². The molecule has 2 rings (SSSR count). The number of benzene rings is 1. The van der Waals surface area contributed by atoms with Crippen LogP contribution in [0, 0.1) is 5.41 Å². The molecule has 2 N–H and O–H groups in total. The lowest BCUT2D eigenvalue weighted by molar-refractivity contribution is -0.145. The maximum atomic E-state index is 10.0. The van der Waals surface area contributed by atoms with E-state index in [2.05, 4.69) is 27.7 Å². The number of hydrogen-bond acceptors (Lipinski definition) is 3. The third-order valence-corrected chi connectivity index (χ3v) is 4.68. The highest BCUT2D eigenvalue weighted by atomic mass is 16.5. The Bertz CT molecular complexity index is 449. The minimum atomic E-state index is -0.236. The molecule has 3 nitrogen and oxygen atoms in total. The van der Waals surface area contributed by atoms with E-state index in [1.807, 2.05) is 6.07 Å². The molecule has 0 spiro atoms. The van der Waals surface area contributed by atoms with Gasteiger partial charge < -0.3 is 14.9 Å². The molecule has 0 radical (unpaired) electrons. The Morgan fingerprint density at radius 3 is 2.44 bits per heavy atom. The van der Waals surface area contributed by atoms with E-state index in [0.717, 1.165) is 12.0 Å². The molecule has 1 unspecified atom stereocenters. The standard InChI is InChI=1S/C15H22O3/c1-14(2)12(7-8-18-15(14,3)4)11-6-5-10(16)9-13(11)17/h5-6,9,12,16-17H,7-8H2,1-4H3. The number of phenols is 2. The van der Waals surface area contributed by atoms with E-state index in [9.17, 15) is 10.2 Å². The van der Waals surface area contributed by atoms with Crippen molar-refractivity contribution in [2.45, 2.75) is 45.6 Å². The van der Waals surface area contributed by atoms with Crippen LogP contribution in [0.4, 0.5) is 0 Å². The van der Waals surface area contributed by atoms with Gasteiger partial charge in [0.2, 0.25) is 0 Å². The Labute approximate surface area is 108 Å². The topological polar surface area (TPSA) is 49.7 Å². The van der Waals surface area contributed by atoms with Gasteiger partial charge in [-0.05, 0) is 37.8 Å². The first-order chi connectivity index (χ1) is 8.25. The molecule has 1 fully saturated rings. The normalized spacial score (nSPS) is 25.9. The number of phenolic OH excluding ortho intramolecular Hbond substituents is 2. The predicted molar refractivity (Wildman–Crippen MR) is 70.9 cm³/mol. The van der Waals surface area contributed by atoms with Gasteiger partial charge in [-0.2, -0.15) is 0 Å². The predicted octanol–water partition coefficient (Wildman–Crippen LogP) is 3.41. The zero-order valence-corrected chi connectivity index (χ0v) is 11.5. The highest BCUT2D eigenvalue weighted by molar-refractivity contribution is 5.42. The SMILES string of the molecule is CC1(C)OCCC(c2ccc(O)cc2O)C1(C)C. The molecule has 1 aromatic carbocycles. The van der Waals surface area contributed by atoms with Gasteiger partial charge in [-0.1, -0.05) is 19.9 Å². The van der Waals surface area contributed by atoms with Crippen LogP contribution < -0.4 is 0 Å². The van der Waals surface area contributed by atoms with Crippen molar-refractivity contribution in [2.24, 2.45) is 5.41 Å². The van der Waals surface area contributed by atoms with Crippen LogP contribution >= 0.6 is 0 Å². The van der Waals surface area contributed by atoms with Crippen LogP contribution in [-0.2, 0) is 4.74 Å². The maximum absolute atomic E-state index is 10.0. The van der Waals surface area contributed by atoms with Crippen LogP contribution in [-0.4, -0.2) is 22.4 Å². The minimum Gasteiger partial charge on any atom is -0.508 e. The second-order valence-corrected chi connectivity index (χ2v) is 6.16. The summed E-state index contributed by atoms with van der Waals surface area (Å²) in [6, 6.07) is 4.86. The van der Waals surface area contributed by atoms with Crippen LogP contribution in [0.2, 0.25) is 0 Å². The summed E-state index contributed by atoms with van der Waals surface area (Å²) in [5.74, 6) is 0.494. The summed E-state index contributed by atoms with van der Waals surface area (Å²) in [5, 5.41) is 19.4. The van der Waals surface area contributed by atoms with Crippen LogP contribution in [0.5, 0.6) is 11.5 Å². The van der Waals surface area contributed by atoms with E-state index >= 15 is 0 Å². The van der Waals surface area contributed by atoms with Crippen LogP contribution in [0.15, 0.2) is 18.2 Å². The second-order valence-electron chi connectivity index (χ2n) is 6.16. The lowest BCUT2D eigenvalue weighted by atomic mass is 9.63. The molecule has 3 heteroatoms. The number of hydrogen-bond donors (Lipinski definition) is 2. The molecule has 100 valence electrons.